The number of hydrogen-bond acceptors (Lipinski definition) is 1. The monoisotopic (exact) mass is 392 g/mol. The summed E-state index contributed by atoms with van der Waals surface area (Å²) in [6.45, 7) is 0. The van der Waals surface area contributed by atoms with Gasteiger partial charge >= 0.3 is 153 Å². The molecule has 4 aromatic carbocycles. The van der Waals surface area contributed by atoms with E-state index in [0.29, 0.717) is 15.0 Å². The predicted octanol–water partition coefficient (Wildman–Crippen LogP) is 4.65. The van der Waals surface area contributed by atoms with Crippen LogP contribution < -0.4 is 8.92 Å². The Morgan fingerprint density at radius 2 is 1.25 bits per heavy atom. The Balaban J connectivity index is 1.79. The Kier molecular flexibility index (Phi) is 4.71. The van der Waals surface area contributed by atoms with E-state index >= 15 is 0 Å². The van der Waals surface area contributed by atoms with Gasteiger partial charge in [0.15, 0.2) is 0 Å². The van der Waals surface area contributed by atoms with E-state index in [1.807, 2.05) is 11.8 Å². The van der Waals surface area contributed by atoms with E-state index in [9.17, 15) is 0 Å². The molecule has 0 spiro atoms. The zero-order valence-electron chi connectivity index (χ0n) is 13.1. The minimum absolute atomic E-state index is 0.314. The van der Waals surface area contributed by atoms with Gasteiger partial charge in [-0.1, -0.05) is 0 Å². The summed E-state index contributed by atoms with van der Waals surface area (Å²) in [5.41, 5.74) is 0. The van der Waals surface area contributed by atoms with E-state index in [-0.39, 0.29) is 0 Å². The van der Waals surface area contributed by atoms with Crippen LogP contribution in [-0.2, 0) is 0 Å². The Morgan fingerprint density at radius 1 is 0.583 bits per heavy atom. The van der Waals surface area contributed by atoms with Crippen molar-refractivity contribution in [2.24, 2.45) is 0 Å². The third kappa shape index (κ3) is 3.42. The molecule has 116 valence electrons. The molecular formula is C22H16SSe. The molecule has 0 unspecified atom stereocenters. The van der Waals surface area contributed by atoms with Crippen LogP contribution in [0, 0.1) is 0 Å². The first kappa shape index (κ1) is 15.5. The molecule has 0 aliphatic heterocycles. The van der Waals surface area contributed by atoms with Gasteiger partial charge in [0.05, 0.1) is 0 Å². The third-order valence-corrected chi connectivity index (χ3v) is 7.08. The van der Waals surface area contributed by atoms with Crippen LogP contribution >= 0.6 is 11.8 Å². The molecule has 0 heterocycles. The van der Waals surface area contributed by atoms with Gasteiger partial charge in [-0.15, -0.1) is 0 Å². The average Bonchev–Trinajstić information content (AvgIpc) is 2.64. The zero-order valence-corrected chi connectivity index (χ0v) is 15.6. The molecule has 0 amide bonds. The Morgan fingerprint density at radius 3 is 2.00 bits per heavy atom. The van der Waals surface area contributed by atoms with Crippen molar-refractivity contribution in [3.63, 3.8) is 0 Å². The van der Waals surface area contributed by atoms with Crippen LogP contribution in [0.4, 0.5) is 0 Å². The fourth-order valence-electron chi connectivity index (χ4n) is 2.67. The molecule has 0 aliphatic rings. The van der Waals surface area contributed by atoms with Crippen LogP contribution in [0.5, 0.6) is 0 Å². The first-order valence-electron chi connectivity index (χ1n) is 7.88. The van der Waals surface area contributed by atoms with Gasteiger partial charge in [-0.3, -0.25) is 0 Å². The minimum atomic E-state index is 0.314. The molecule has 0 nitrogen and oxygen atoms in total. The zero-order chi connectivity index (χ0) is 16.2. The number of hydrogen-bond donors (Lipinski definition) is 0. The van der Waals surface area contributed by atoms with Crippen LogP contribution in [0.3, 0.4) is 0 Å². The van der Waals surface area contributed by atoms with Crippen molar-refractivity contribution < 1.29 is 0 Å². The summed E-state index contributed by atoms with van der Waals surface area (Å²) in [6, 6.07) is 34.7. The van der Waals surface area contributed by atoms with Crippen molar-refractivity contribution in [1.82, 2.24) is 0 Å². The van der Waals surface area contributed by atoms with Gasteiger partial charge in [0.2, 0.25) is 0 Å². The summed E-state index contributed by atoms with van der Waals surface area (Å²) in [7, 11) is 0. The second-order valence-corrected chi connectivity index (χ2v) is 8.90. The van der Waals surface area contributed by atoms with Crippen LogP contribution in [0.2, 0.25) is 0 Å². The van der Waals surface area contributed by atoms with E-state index in [1.165, 1.54) is 29.5 Å². The van der Waals surface area contributed by atoms with Gasteiger partial charge in [-0.25, -0.2) is 0 Å². The maximum absolute atomic E-state index is 2.28. The molecule has 0 saturated carbocycles. The molecular weight excluding hydrogens is 375 g/mol. The summed E-state index contributed by atoms with van der Waals surface area (Å²) in [5, 5.41) is 2.73. The van der Waals surface area contributed by atoms with E-state index in [2.05, 4.69) is 97.1 Å². The molecule has 4 aromatic rings. The van der Waals surface area contributed by atoms with E-state index < -0.39 is 0 Å². The Bertz CT molecular complexity index is 873. The third-order valence-electron chi connectivity index (χ3n) is 3.77. The van der Waals surface area contributed by atoms with Gasteiger partial charge < -0.3 is 0 Å². The molecule has 0 fully saturated rings. The van der Waals surface area contributed by atoms with Gasteiger partial charge in [0.1, 0.15) is 0 Å². The van der Waals surface area contributed by atoms with Gasteiger partial charge in [0.25, 0.3) is 0 Å². The molecule has 0 saturated heterocycles. The average molecular weight is 391 g/mol. The maximum atomic E-state index is 2.28. The summed E-state index contributed by atoms with van der Waals surface area (Å²) in [5.74, 6) is 0. The predicted molar refractivity (Wildman–Crippen MR) is 106 cm³/mol. The quantitative estimate of drug-likeness (QED) is 0.457. The van der Waals surface area contributed by atoms with Gasteiger partial charge in [-0.2, -0.15) is 0 Å². The second-order valence-electron chi connectivity index (χ2n) is 5.44. The fourth-order valence-corrected chi connectivity index (χ4v) is 5.99. The van der Waals surface area contributed by atoms with Crippen LogP contribution in [-0.4, -0.2) is 15.0 Å². The molecule has 2 heteroatoms. The summed E-state index contributed by atoms with van der Waals surface area (Å²) in [4.78, 5) is 2.62. The van der Waals surface area contributed by atoms with Crippen LogP contribution in [0.25, 0.3) is 10.8 Å². The molecule has 24 heavy (non-hydrogen) atoms. The molecule has 0 atom stereocenters. The summed E-state index contributed by atoms with van der Waals surface area (Å²) < 4.78 is 2.86. The molecule has 0 aliphatic carbocycles. The number of benzene rings is 4. The molecule has 0 radical (unpaired) electrons. The summed E-state index contributed by atoms with van der Waals surface area (Å²) in [6.07, 6.45) is 0. The number of rotatable bonds is 4. The van der Waals surface area contributed by atoms with Crippen molar-refractivity contribution in [3.8, 4) is 0 Å². The van der Waals surface area contributed by atoms with Crippen molar-refractivity contribution in [2.75, 3.05) is 0 Å². The van der Waals surface area contributed by atoms with Crippen molar-refractivity contribution in [3.05, 3.63) is 97.1 Å². The topological polar surface area (TPSA) is 0 Å². The van der Waals surface area contributed by atoms with E-state index in [1.54, 1.807) is 0 Å². The van der Waals surface area contributed by atoms with Crippen LogP contribution in [0.1, 0.15) is 0 Å². The molecule has 0 bridgehead atoms. The normalized spacial score (nSPS) is 10.8. The molecule has 0 aromatic heterocycles. The SMILES string of the molecule is c1ccc(Sc2cccc3cccc([Se]c4ccccc4)c23)cc1. The van der Waals surface area contributed by atoms with E-state index in [4.69, 9.17) is 0 Å². The van der Waals surface area contributed by atoms with E-state index in [0.717, 1.165) is 0 Å². The summed E-state index contributed by atoms with van der Waals surface area (Å²) >= 11 is 2.17. The van der Waals surface area contributed by atoms with Gasteiger partial charge in [0, 0.05) is 0 Å². The first-order valence-corrected chi connectivity index (χ1v) is 10.4. The van der Waals surface area contributed by atoms with Crippen molar-refractivity contribution in [1.29, 1.82) is 0 Å². The Labute approximate surface area is 153 Å². The fraction of sp³-hybridized carbons (Fsp3) is 0. The first-order chi connectivity index (χ1) is 11.9. The van der Waals surface area contributed by atoms with Crippen LogP contribution in [0.15, 0.2) is 107 Å². The standard InChI is InChI=1S/C22H16SSe/c1-3-11-18(12-4-1)23-20-15-7-9-17-10-8-16-21(22(17)20)24-19-13-5-2-6-14-19/h1-16H. The van der Waals surface area contributed by atoms with Gasteiger partial charge in [-0.05, 0) is 0 Å². The van der Waals surface area contributed by atoms with Crippen molar-refractivity contribution >= 4 is 46.4 Å². The second kappa shape index (κ2) is 7.27. The Hall–Kier alpha value is -1.99. The molecule has 0 N–H and O–H groups in total. The number of fused-ring (bicyclic) bond motifs is 1. The molecule has 4 rings (SSSR count). The van der Waals surface area contributed by atoms with Crippen molar-refractivity contribution in [2.45, 2.75) is 9.79 Å².